The van der Waals surface area contributed by atoms with Crippen molar-refractivity contribution < 1.29 is 13.9 Å². The first kappa shape index (κ1) is 17.3. The van der Waals surface area contributed by atoms with Gasteiger partial charge >= 0.3 is 0 Å². The Morgan fingerprint density at radius 1 is 1.17 bits per heavy atom. The van der Waals surface area contributed by atoms with Crippen molar-refractivity contribution >= 4 is 17.7 Å². The van der Waals surface area contributed by atoms with E-state index in [4.69, 9.17) is 4.74 Å². The van der Waals surface area contributed by atoms with E-state index in [1.165, 1.54) is 6.07 Å². The summed E-state index contributed by atoms with van der Waals surface area (Å²) in [7, 11) is 0. The van der Waals surface area contributed by atoms with Crippen LogP contribution in [0.25, 0.3) is 0 Å². The fourth-order valence-corrected chi connectivity index (χ4v) is 2.74. The fraction of sp³-hybridized carbons (Fsp3) is 0.278. The molecule has 1 amide bonds. The second kappa shape index (κ2) is 9.20. The monoisotopic (exact) mass is 333 g/mol. The van der Waals surface area contributed by atoms with E-state index in [1.54, 1.807) is 23.9 Å². The minimum Gasteiger partial charge on any atom is -0.484 e. The number of halogens is 1. The summed E-state index contributed by atoms with van der Waals surface area (Å²) < 4.78 is 18.8. The van der Waals surface area contributed by atoms with E-state index in [0.717, 1.165) is 11.3 Å². The van der Waals surface area contributed by atoms with Crippen molar-refractivity contribution in [1.82, 2.24) is 5.32 Å². The second-order valence-electron chi connectivity index (χ2n) is 5.10. The summed E-state index contributed by atoms with van der Waals surface area (Å²) in [4.78, 5) is 11.7. The molecule has 1 N–H and O–H groups in total. The molecular weight excluding hydrogens is 313 g/mol. The highest BCUT2D eigenvalue weighted by Crippen LogP contribution is 2.14. The Bertz CT molecular complexity index is 631. The average Bonchev–Trinajstić information content (AvgIpc) is 2.55. The number of rotatable bonds is 8. The normalized spacial score (nSPS) is 10.3. The number of nitrogens with one attached hydrogen (secondary N) is 1. The quantitative estimate of drug-likeness (QED) is 0.751. The van der Waals surface area contributed by atoms with E-state index in [2.05, 4.69) is 5.32 Å². The molecule has 0 unspecified atom stereocenters. The smallest absolute Gasteiger partial charge is 0.257 e. The van der Waals surface area contributed by atoms with Crippen LogP contribution in [0, 0.1) is 12.7 Å². The van der Waals surface area contributed by atoms with Crippen molar-refractivity contribution in [2.75, 3.05) is 18.9 Å². The summed E-state index contributed by atoms with van der Waals surface area (Å²) in [5.74, 6) is 1.67. The van der Waals surface area contributed by atoms with E-state index in [-0.39, 0.29) is 18.3 Å². The van der Waals surface area contributed by atoms with Crippen LogP contribution < -0.4 is 10.1 Å². The Morgan fingerprint density at radius 2 is 1.91 bits per heavy atom. The third kappa shape index (κ3) is 6.32. The summed E-state index contributed by atoms with van der Waals surface area (Å²) in [5, 5.41) is 2.79. The molecule has 0 saturated heterocycles. The number of hydrogen-bond acceptors (Lipinski definition) is 3. The number of ether oxygens (including phenoxy) is 1. The van der Waals surface area contributed by atoms with Gasteiger partial charge in [0.15, 0.2) is 6.61 Å². The van der Waals surface area contributed by atoms with Gasteiger partial charge in [0.2, 0.25) is 0 Å². The lowest BCUT2D eigenvalue weighted by Gasteiger charge is -2.08. The molecule has 2 aromatic carbocycles. The number of hydrogen-bond donors (Lipinski definition) is 1. The molecule has 5 heteroatoms. The van der Waals surface area contributed by atoms with Crippen molar-refractivity contribution in [3.05, 3.63) is 65.5 Å². The largest absolute Gasteiger partial charge is 0.484 e. The molecule has 0 aliphatic heterocycles. The molecular formula is C18H20FNO2S. The molecule has 0 spiro atoms. The summed E-state index contributed by atoms with van der Waals surface area (Å²) in [6.45, 7) is 2.53. The Kier molecular flexibility index (Phi) is 6.94. The van der Waals surface area contributed by atoms with Gasteiger partial charge in [0.05, 0.1) is 0 Å². The lowest BCUT2D eigenvalue weighted by molar-refractivity contribution is -0.122. The van der Waals surface area contributed by atoms with Crippen LogP contribution in [-0.2, 0) is 10.5 Å². The molecule has 0 radical (unpaired) electrons. The summed E-state index contributed by atoms with van der Waals surface area (Å²) >= 11 is 1.58. The third-order valence-electron chi connectivity index (χ3n) is 3.17. The molecule has 2 aromatic rings. The van der Waals surface area contributed by atoms with E-state index in [0.29, 0.717) is 23.6 Å². The van der Waals surface area contributed by atoms with Gasteiger partial charge in [-0.25, -0.2) is 4.39 Å². The fourth-order valence-electron chi connectivity index (χ4n) is 1.89. The van der Waals surface area contributed by atoms with Crippen LogP contribution in [0.5, 0.6) is 5.75 Å². The highest BCUT2D eigenvalue weighted by Gasteiger charge is 2.03. The highest BCUT2D eigenvalue weighted by molar-refractivity contribution is 7.98. The van der Waals surface area contributed by atoms with Gasteiger partial charge in [-0.3, -0.25) is 4.79 Å². The van der Waals surface area contributed by atoms with Gasteiger partial charge < -0.3 is 10.1 Å². The van der Waals surface area contributed by atoms with E-state index in [1.807, 2.05) is 37.3 Å². The van der Waals surface area contributed by atoms with Crippen molar-refractivity contribution in [2.24, 2.45) is 0 Å². The molecule has 0 heterocycles. The van der Waals surface area contributed by atoms with Crippen LogP contribution in [0.4, 0.5) is 4.39 Å². The molecule has 3 nitrogen and oxygen atoms in total. The molecule has 0 aromatic heterocycles. The van der Waals surface area contributed by atoms with Gasteiger partial charge in [-0.2, -0.15) is 11.8 Å². The van der Waals surface area contributed by atoms with Crippen LogP contribution in [0.15, 0.2) is 48.5 Å². The van der Waals surface area contributed by atoms with Gasteiger partial charge in [-0.1, -0.05) is 35.9 Å². The van der Waals surface area contributed by atoms with Crippen LogP contribution in [0.1, 0.15) is 11.1 Å². The first-order chi connectivity index (χ1) is 11.1. The maximum absolute atomic E-state index is 13.4. The predicted octanol–water partition coefficient (Wildman–Crippen LogP) is 3.56. The SMILES string of the molecule is Cc1ccc(OCC(=O)NCCSCc2ccccc2F)cc1. The molecule has 0 saturated carbocycles. The van der Waals surface area contributed by atoms with Gasteiger partial charge in [-0.15, -0.1) is 0 Å². The average molecular weight is 333 g/mol. The van der Waals surface area contributed by atoms with Gasteiger partial charge in [0, 0.05) is 18.1 Å². The maximum Gasteiger partial charge on any atom is 0.257 e. The van der Waals surface area contributed by atoms with Crippen LogP contribution in [0.3, 0.4) is 0 Å². The molecule has 23 heavy (non-hydrogen) atoms. The summed E-state index contributed by atoms with van der Waals surface area (Å²) in [6.07, 6.45) is 0. The van der Waals surface area contributed by atoms with Crippen molar-refractivity contribution in [3.8, 4) is 5.75 Å². The molecule has 0 aliphatic carbocycles. The summed E-state index contributed by atoms with van der Waals surface area (Å²) in [6, 6.07) is 14.3. The number of aryl methyl sites for hydroxylation is 1. The Morgan fingerprint density at radius 3 is 2.65 bits per heavy atom. The Labute approximate surface area is 140 Å². The topological polar surface area (TPSA) is 38.3 Å². The van der Waals surface area contributed by atoms with Crippen LogP contribution in [0.2, 0.25) is 0 Å². The second-order valence-corrected chi connectivity index (χ2v) is 6.20. The zero-order valence-corrected chi connectivity index (χ0v) is 13.9. The minimum absolute atomic E-state index is 0.00103. The van der Waals surface area contributed by atoms with Gasteiger partial charge in [0.1, 0.15) is 11.6 Å². The van der Waals surface area contributed by atoms with E-state index in [9.17, 15) is 9.18 Å². The predicted molar refractivity (Wildman–Crippen MR) is 92.2 cm³/mol. The van der Waals surface area contributed by atoms with Gasteiger partial charge in [0.25, 0.3) is 5.91 Å². The first-order valence-electron chi connectivity index (χ1n) is 7.42. The number of benzene rings is 2. The molecule has 0 atom stereocenters. The van der Waals surface area contributed by atoms with Crippen molar-refractivity contribution in [1.29, 1.82) is 0 Å². The van der Waals surface area contributed by atoms with Crippen molar-refractivity contribution in [3.63, 3.8) is 0 Å². The number of carbonyl (C=O) groups excluding carboxylic acids is 1. The highest BCUT2D eigenvalue weighted by atomic mass is 32.2. The third-order valence-corrected chi connectivity index (χ3v) is 4.18. The Balaban J connectivity index is 1.58. The zero-order chi connectivity index (χ0) is 16.5. The van der Waals surface area contributed by atoms with Gasteiger partial charge in [-0.05, 0) is 30.7 Å². The zero-order valence-electron chi connectivity index (χ0n) is 13.0. The number of thioether (sulfide) groups is 1. The van der Waals surface area contributed by atoms with Crippen LogP contribution in [-0.4, -0.2) is 24.8 Å². The minimum atomic E-state index is -0.185. The van der Waals surface area contributed by atoms with Crippen LogP contribution >= 0.6 is 11.8 Å². The molecule has 0 bridgehead atoms. The maximum atomic E-state index is 13.4. The Hall–Kier alpha value is -2.01. The molecule has 0 fully saturated rings. The molecule has 2 rings (SSSR count). The first-order valence-corrected chi connectivity index (χ1v) is 8.58. The number of carbonyl (C=O) groups is 1. The lowest BCUT2D eigenvalue weighted by atomic mass is 10.2. The van der Waals surface area contributed by atoms with E-state index < -0.39 is 0 Å². The number of amides is 1. The lowest BCUT2D eigenvalue weighted by Crippen LogP contribution is -2.30. The molecule has 122 valence electrons. The molecule has 0 aliphatic rings. The van der Waals surface area contributed by atoms with Crippen molar-refractivity contribution in [2.45, 2.75) is 12.7 Å². The van der Waals surface area contributed by atoms with E-state index >= 15 is 0 Å². The standard InChI is InChI=1S/C18H20FNO2S/c1-14-6-8-16(9-7-14)22-12-18(21)20-10-11-23-13-15-4-2-3-5-17(15)19/h2-9H,10-13H2,1H3,(H,20,21). The summed E-state index contributed by atoms with van der Waals surface area (Å²) in [5.41, 5.74) is 1.83.